The Hall–Kier alpha value is -2.42. The number of nitrogens with zero attached hydrogens (tertiary/aromatic N) is 1. The van der Waals surface area contributed by atoms with Crippen molar-refractivity contribution in [3.8, 4) is 5.75 Å². The summed E-state index contributed by atoms with van der Waals surface area (Å²) in [7, 11) is -2.48. The van der Waals surface area contributed by atoms with Gasteiger partial charge in [-0.15, -0.1) is 0 Å². The fourth-order valence-electron chi connectivity index (χ4n) is 3.93. The summed E-state index contributed by atoms with van der Waals surface area (Å²) in [4.78, 5) is 13.0. The molecule has 1 unspecified atom stereocenters. The van der Waals surface area contributed by atoms with Crippen LogP contribution in [0.5, 0.6) is 5.75 Å². The van der Waals surface area contributed by atoms with Crippen molar-refractivity contribution in [1.29, 1.82) is 0 Å². The smallest absolute Gasteiger partial charge is 0.265 e. The van der Waals surface area contributed by atoms with Crippen LogP contribution in [0, 0.1) is 0 Å². The lowest BCUT2D eigenvalue weighted by molar-refractivity contribution is -0.139. The van der Waals surface area contributed by atoms with E-state index in [2.05, 4.69) is 0 Å². The maximum atomic E-state index is 13.6. The third-order valence-electron chi connectivity index (χ3n) is 5.44. The van der Waals surface area contributed by atoms with E-state index in [-0.39, 0.29) is 17.9 Å². The van der Waals surface area contributed by atoms with Gasteiger partial charge in [-0.1, -0.05) is 43.2 Å². The zero-order valence-electron chi connectivity index (χ0n) is 16.4. The number of carbonyl (C=O) groups is 1. The molecule has 0 spiro atoms. The molecule has 0 saturated carbocycles. The van der Waals surface area contributed by atoms with Crippen LogP contribution in [0.3, 0.4) is 0 Å². The van der Waals surface area contributed by atoms with Crippen molar-refractivity contribution in [3.63, 3.8) is 0 Å². The molecule has 1 fully saturated rings. The largest absolute Gasteiger partial charge is 0.497 e. The van der Waals surface area contributed by atoms with Crippen molar-refractivity contribution in [2.45, 2.75) is 42.5 Å². The molecule has 2 aromatic rings. The molecule has 1 aliphatic heterocycles. The van der Waals surface area contributed by atoms with E-state index in [4.69, 9.17) is 4.74 Å². The van der Waals surface area contributed by atoms with Gasteiger partial charge in [0.25, 0.3) is 5.91 Å². The number of amides is 1. The highest BCUT2D eigenvalue weighted by Gasteiger charge is 2.50. The Balaban J connectivity index is 2.10. The number of carbonyl (C=O) groups excluding carboxylic acids is 1. The molecule has 0 bridgehead atoms. The standard InChI is InChI=1S/C21H26N2O5S/c1-28-18-10-12-19(13-11-18)29(26,27)23-15-7-3-6-14-21(23,20(24)22-25)16-17-8-4-2-5-9-17/h2,4-5,8-13,25H,3,6-7,14-16H2,1H3,(H,22,24). The summed E-state index contributed by atoms with van der Waals surface area (Å²) < 4.78 is 33.6. The molecule has 1 amide bonds. The lowest BCUT2D eigenvalue weighted by Gasteiger charge is -2.40. The molecule has 0 radical (unpaired) electrons. The van der Waals surface area contributed by atoms with Gasteiger partial charge >= 0.3 is 0 Å². The number of rotatable bonds is 6. The maximum Gasteiger partial charge on any atom is 0.265 e. The number of sulfonamides is 1. The van der Waals surface area contributed by atoms with Crippen LogP contribution < -0.4 is 10.2 Å². The second-order valence-corrected chi connectivity index (χ2v) is 9.06. The minimum atomic E-state index is -3.99. The van der Waals surface area contributed by atoms with Crippen molar-refractivity contribution in [1.82, 2.24) is 9.79 Å². The van der Waals surface area contributed by atoms with Crippen molar-refractivity contribution >= 4 is 15.9 Å². The fraction of sp³-hybridized carbons (Fsp3) is 0.381. The Kier molecular flexibility index (Phi) is 6.56. The average molecular weight is 419 g/mol. The van der Waals surface area contributed by atoms with E-state index in [0.717, 1.165) is 12.0 Å². The Morgan fingerprint density at radius 2 is 1.79 bits per heavy atom. The molecule has 1 heterocycles. The van der Waals surface area contributed by atoms with Crippen molar-refractivity contribution in [2.24, 2.45) is 0 Å². The van der Waals surface area contributed by atoms with Gasteiger partial charge in [-0.05, 0) is 42.7 Å². The van der Waals surface area contributed by atoms with Crippen LogP contribution in [0.1, 0.15) is 31.2 Å². The van der Waals surface area contributed by atoms with Crippen LogP contribution in [0.2, 0.25) is 0 Å². The van der Waals surface area contributed by atoms with E-state index < -0.39 is 21.5 Å². The molecule has 1 aliphatic rings. The number of ether oxygens (including phenoxy) is 1. The Labute approximate surface area is 171 Å². The molecule has 1 atom stereocenters. The van der Waals surface area contributed by atoms with Crippen LogP contribution in [-0.4, -0.2) is 43.0 Å². The van der Waals surface area contributed by atoms with Crippen LogP contribution in [0.15, 0.2) is 59.5 Å². The highest BCUT2D eigenvalue weighted by Crippen LogP contribution is 2.36. The SMILES string of the molecule is COc1ccc(S(=O)(=O)N2CCCCCC2(Cc2ccccc2)C(=O)NO)cc1. The summed E-state index contributed by atoms with van der Waals surface area (Å²) in [6.07, 6.45) is 2.64. The van der Waals surface area contributed by atoms with Crippen molar-refractivity contribution in [3.05, 3.63) is 60.2 Å². The van der Waals surface area contributed by atoms with Gasteiger partial charge < -0.3 is 4.74 Å². The Morgan fingerprint density at radius 3 is 2.41 bits per heavy atom. The average Bonchev–Trinajstić information content (AvgIpc) is 2.97. The number of hydrogen-bond donors (Lipinski definition) is 2. The second-order valence-electron chi connectivity index (χ2n) is 7.20. The molecule has 2 N–H and O–H groups in total. The monoisotopic (exact) mass is 418 g/mol. The number of hydrogen-bond acceptors (Lipinski definition) is 5. The minimum Gasteiger partial charge on any atom is -0.497 e. The summed E-state index contributed by atoms with van der Waals surface area (Å²) in [5.74, 6) is -0.163. The third kappa shape index (κ3) is 4.29. The van der Waals surface area contributed by atoms with Gasteiger partial charge in [0.15, 0.2) is 0 Å². The van der Waals surface area contributed by atoms with Gasteiger partial charge in [0.2, 0.25) is 10.0 Å². The summed E-state index contributed by atoms with van der Waals surface area (Å²) in [6, 6.07) is 15.4. The summed E-state index contributed by atoms with van der Waals surface area (Å²) in [5, 5.41) is 9.51. The quantitative estimate of drug-likeness (QED) is 0.556. The van der Waals surface area contributed by atoms with Crippen LogP contribution in [0.25, 0.3) is 0 Å². The molecule has 1 saturated heterocycles. The highest BCUT2D eigenvalue weighted by atomic mass is 32.2. The van der Waals surface area contributed by atoms with Gasteiger partial charge in [0.05, 0.1) is 12.0 Å². The number of hydroxylamine groups is 1. The Bertz CT molecular complexity index is 931. The van der Waals surface area contributed by atoms with Crippen LogP contribution in [0.4, 0.5) is 0 Å². The van der Waals surface area contributed by atoms with E-state index in [1.165, 1.54) is 23.5 Å². The third-order valence-corrected chi connectivity index (χ3v) is 7.42. The van der Waals surface area contributed by atoms with Gasteiger partial charge in [-0.3, -0.25) is 10.0 Å². The van der Waals surface area contributed by atoms with E-state index in [1.54, 1.807) is 17.6 Å². The number of nitrogens with one attached hydrogen (secondary N) is 1. The van der Waals surface area contributed by atoms with E-state index in [0.29, 0.717) is 25.0 Å². The van der Waals surface area contributed by atoms with Crippen molar-refractivity contribution in [2.75, 3.05) is 13.7 Å². The molecule has 0 aromatic heterocycles. The second kappa shape index (κ2) is 8.94. The van der Waals surface area contributed by atoms with E-state index >= 15 is 0 Å². The highest BCUT2D eigenvalue weighted by molar-refractivity contribution is 7.89. The Morgan fingerprint density at radius 1 is 1.10 bits per heavy atom. The van der Waals surface area contributed by atoms with Crippen LogP contribution >= 0.6 is 0 Å². The molecular formula is C21H26N2O5S. The fourth-order valence-corrected chi connectivity index (χ4v) is 5.74. The van der Waals surface area contributed by atoms with Gasteiger partial charge in [0, 0.05) is 13.0 Å². The molecule has 8 heteroatoms. The molecule has 156 valence electrons. The van der Waals surface area contributed by atoms with Gasteiger partial charge in [-0.25, -0.2) is 13.9 Å². The first-order chi connectivity index (χ1) is 13.9. The number of methoxy groups -OCH3 is 1. The van der Waals surface area contributed by atoms with Gasteiger partial charge in [0.1, 0.15) is 11.3 Å². The minimum absolute atomic E-state index is 0.0865. The topological polar surface area (TPSA) is 95.9 Å². The first-order valence-corrected chi connectivity index (χ1v) is 11.0. The van der Waals surface area contributed by atoms with Crippen LogP contribution in [-0.2, 0) is 21.2 Å². The normalized spacial score (nSPS) is 20.6. The molecular weight excluding hydrogens is 392 g/mol. The zero-order chi connectivity index (χ0) is 20.9. The van der Waals surface area contributed by atoms with Crippen molar-refractivity contribution < 1.29 is 23.2 Å². The molecule has 2 aromatic carbocycles. The lowest BCUT2D eigenvalue weighted by atomic mass is 9.85. The molecule has 3 rings (SSSR count). The predicted octanol–water partition coefficient (Wildman–Crippen LogP) is 2.75. The first-order valence-electron chi connectivity index (χ1n) is 9.59. The number of benzene rings is 2. The molecule has 0 aliphatic carbocycles. The maximum absolute atomic E-state index is 13.6. The summed E-state index contributed by atoms with van der Waals surface area (Å²) in [6.45, 7) is 0.203. The summed E-state index contributed by atoms with van der Waals surface area (Å²) in [5.41, 5.74) is 1.15. The first kappa shape index (κ1) is 21.3. The summed E-state index contributed by atoms with van der Waals surface area (Å²) >= 11 is 0. The predicted molar refractivity (Wildman–Crippen MR) is 108 cm³/mol. The molecule has 7 nitrogen and oxygen atoms in total. The lowest BCUT2D eigenvalue weighted by Crippen LogP contribution is -2.61. The van der Waals surface area contributed by atoms with E-state index in [1.807, 2.05) is 30.3 Å². The van der Waals surface area contributed by atoms with E-state index in [9.17, 15) is 18.4 Å². The molecule has 29 heavy (non-hydrogen) atoms. The van der Waals surface area contributed by atoms with Gasteiger partial charge in [-0.2, -0.15) is 4.31 Å². The zero-order valence-corrected chi connectivity index (χ0v) is 17.2.